The van der Waals surface area contributed by atoms with Crippen molar-refractivity contribution in [3.05, 3.63) is 45.5 Å². The standard InChI is InChI=1S/C13H15Cl2N3O2S/c1-8-4-11(14)9(2)13(12(8)15)21(19,20)18(3)6-10-5-16-7-17-10/h4-5,7H,6H2,1-3H3,(H,16,17). The normalized spacial score (nSPS) is 12.1. The maximum Gasteiger partial charge on any atom is 0.244 e. The Morgan fingerprint density at radius 1 is 1.33 bits per heavy atom. The first-order valence-electron chi connectivity index (χ1n) is 6.14. The number of hydrogen-bond donors (Lipinski definition) is 1. The lowest BCUT2D eigenvalue weighted by molar-refractivity contribution is 0.462. The number of aryl methyl sites for hydroxylation is 1. The fourth-order valence-electron chi connectivity index (χ4n) is 1.97. The van der Waals surface area contributed by atoms with Crippen molar-refractivity contribution in [2.45, 2.75) is 25.3 Å². The SMILES string of the molecule is Cc1cc(Cl)c(C)c(S(=O)(=O)N(C)Cc2cnc[nH]2)c1Cl. The van der Waals surface area contributed by atoms with E-state index in [2.05, 4.69) is 9.97 Å². The molecule has 0 aliphatic rings. The Labute approximate surface area is 134 Å². The van der Waals surface area contributed by atoms with E-state index in [0.29, 0.717) is 21.8 Å². The molecule has 1 heterocycles. The molecule has 8 heteroatoms. The van der Waals surface area contributed by atoms with E-state index in [0.717, 1.165) is 0 Å². The van der Waals surface area contributed by atoms with Gasteiger partial charge >= 0.3 is 0 Å². The molecule has 21 heavy (non-hydrogen) atoms. The Morgan fingerprint density at radius 2 is 2.00 bits per heavy atom. The fraction of sp³-hybridized carbons (Fsp3) is 0.308. The van der Waals surface area contributed by atoms with Gasteiger partial charge in [-0.1, -0.05) is 23.2 Å². The third-order valence-corrected chi connectivity index (χ3v) is 6.17. The molecule has 0 fully saturated rings. The molecule has 0 spiro atoms. The number of benzene rings is 1. The van der Waals surface area contributed by atoms with Crippen molar-refractivity contribution in [2.24, 2.45) is 0 Å². The molecule has 0 saturated heterocycles. The highest BCUT2D eigenvalue weighted by molar-refractivity contribution is 7.89. The number of hydrogen-bond acceptors (Lipinski definition) is 3. The van der Waals surface area contributed by atoms with Gasteiger partial charge in [0.2, 0.25) is 10.0 Å². The van der Waals surface area contributed by atoms with Crippen molar-refractivity contribution in [2.75, 3.05) is 7.05 Å². The van der Waals surface area contributed by atoms with E-state index in [1.807, 2.05) is 0 Å². The summed E-state index contributed by atoms with van der Waals surface area (Å²) in [5.41, 5.74) is 1.76. The Hall–Kier alpha value is -1.08. The molecular formula is C13H15Cl2N3O2S. The third kappa shape index (κ3) is 3.08. The van der Waals surface area contributed by atoms with Crippen LogP contribution in [0.4, 0.5) is 0 Å². The smallest absolute Gasteiger partial charge is 0.244 e. The van der Waals surface area contributed by atoms with Crippen molar-refractivity contribution >= 4 is 33.2 Å². The minimum absolute atomic E-state index is 0.0520. The Bertz CT molecular complexity index is 732. The van der Waals surface area contributed by atoms with Crippen LogP contribution in [0.1, 0.15) is 16.8 Å². The predicted octanol–water partition coefficient (Wildman–Crippen LogP) is 3.15. The van der Waals surface area contributed by atoms with E-state index in [-0.39, 0.29) is 16.5 Å². The topological polar surface area (TPSA) is 66.1 Å². The van der Waals surface area contributed by atoms with Crippen molar-refractivity contribution in [3.8, 4) is 0 Å². The molecule has 2 rings (SSSR count). The molecule has 0 bridgehead atoms. The summed E-state index contributed by atoms with van der Waals surface area (Å²) in [6, 6.07) is 1.66. The lowest BCUT2D eigenvalue weighted by Gasteiger charge is -2.20. The largest absolute Gasteiger partial charge is 0.347 e. The van der Waals surface area contributed by atoms with Crippen LogP contribution in [-0.2, 0) is 16.6 Å². The molecule has 0 aliphatic heterocycles. The van der Waals surface area contributed by atoms with Gasteiger partial charge in [-0.2, -0.15) is 4.31 Å². The molecule has 5 nitrogen and oxygen atoms in total. The molecule has 0 radical (unpaired) electrons. The lowest BCUT2D eigenvalue weighted by Crippen LogP contribution is -2.27. The minimum Gasteiger partial charge on any atom is -0.347 e. The molecule has 0 aliphatic carbocycles. The van der Waals surface area contributed by atoms with Crippen LogP contribution in [-0.4, -0.2) is 29.7 Å². The van der Waals surface area contributed by atoms with Crippen LogP contribution < -0.4 is 0 Å². The van der Waals surface area contributed by atoms with Gasteiger partial charge in [0.25, 0.3) is 0 Å². The second kappa shape index (κ2) is 5.96. The highest BCUT2D eigenvalue weighted by Gasteiger charge is 2.28. The summed E-state index contributed by atoms with van der Waals surface area (Å²) in [5, 5.41) is 0.582. The molecule has 0 unspecified atom stereocenters. The van der Waals surface area contributed by atoms with Gasteiger partial charge in [-0.3, -0.25) is 0 Å². The number of halogens is 2. The van der Waals surface area contributed by atoms with Gasteiger partial charge in [-0.05, 0) is 31.0 Å². The molecule has 114 valence electrons. The molecular weight excluding hydrogens is 333 g/mol. The van der Waals surface area contributed by atoms with Crippen LogP contribution in [0.5, 0.6) is 0 Å². The highest BCUT2D eigenvalue weighted by Crippen LogP contribution is 2.35. The molecule has 0 amide bonds. The van der Waals surface area contributed by atoms with Crippen molar-refractivity contribution in [1.29, 1.82) is 0 Å². The number of aromatic nitrogens is 2. The van der Waals surface area contributed by atoms with Gasteiger partial charge in [-0.25, -0.2) is 13.4 Å². The number of nitrogens with one attached hydrogen (secondary N) is 1. The second-order valence-electron chi connectivity index (χ2n) is 4.78. The number of aromatic amines is 1. The Morgan fingerprint density at radius 3 is 2.57 bits per heavy atom. The van der Waals surface area contributed by atoms with E-state index in [1.165, 1.54) is 17.7 Å². The van der Waals surface area contributed by atoms with Crippen LogP contribution in [0, 0.1) is 13.8 Å². The van der Waals surface area contributed by atoms with Crippen LogP contribution in [0.15, 0.2) is 23.5 Å². The first-order chi connectivity index (χ1) is 9.75. The third-order valence-electron chi connectivity index (χ3n) is 3.20. The number of sulfonamides is 1. The first kappa shape index (κ1) is 16.3. The summed E-state index contributed by atoms with van der Waals surface area (Å²) < 4.78 is 26.7. The van der Waals surface area contributed by atoms with E-state index in [1.54, 1.807) is 26.1 Å². The molecule has 0 saturated carbocycles. The van der Waals surface area contributed by atoms with Crippen LogP contribution in [0.2, 0.25) is 10.0 Å². The van der Waals surface area contributed by atoms with Crippen molar-refractivity contribution < 1.29 is 8.42 Å². The summed E-state index contributed by atoms with van der Waals surface area (Å²) in [7, 11) is -2.26. The molecule has 2 aromatic rings. The van der Waals surface area contributed by atoms with Gasteiger partial charge in [0.1, 0.15) is 4.90 Å². The quantitative estimate of drug-likeness (QED) is 0.923. The minimum atomic E-state index is -3.75. The summed E-state index contributed by atoms with van der Waals surface area (Å²) in [5.74, 6) is 0. The van der Waals surface area contributed by atoms with Gasteiger partial charge < -0.3 is 4.98 Å². The van der Waals surface area contributed by atoms with Crippen LogP contribution in [0.25, 0.3) is 0 Å². The summed E-state index contributed by atoms with van der Waals surface area (Å²) in [4.78, 5) is 6.79. The zero-order valence-corrected chi connectivity index (χ0v) is 14.1. The maximum atomic E-state index is 12.8. The molecule has 0 atom stereocenters. The van der Waals surface area contributed by atoms with Gasteiger partial charge in [0.15, 0.2) is 0 Å². The zero-order chi connectivity index (χ0) is 15.8. The number of imidazole rings is 1. The van der Waals surface area contributed by atoms with E-state index < -0.39 is 10.0 Å². The van der Waals surface area contributed by atoms with Crippen molar-refractivity contribution in [1.82, 2.24) is 14.3 Å². The summed E-state index contributed by atoms with van der Waals surface area (Å²) in [6.07, 6.45) is 3.07. The van der Waals surface area contributed by atoms with Crippen molar-refractivity contribution in [3.63, 3.8) is 0 Å². The average molecular weight is 348 g/mol. The van der Waals surface area contributed by atoms with Gasteiger partial charge in [-0.15, -0.1) is 0 Å². The summed E-state index contributed by atoms with van der Waals surface area (Å²) in [6.45, 7) is 3.54. The second-order valence-corrected chi connectivity index (χ2v) is 7.55. The monoisotopic (exact) mass is 347 g/mol. The van der Waals surface area contributed by atoms with E-state index in [4.69, 9.17) is 23.2 Å². The molecule has 1 aromatic carbocycles. The first-order valence-corrected chi connectivity index (χ1v) is 8.33. The highest BCUT2D eigenvalue weighted by atomic mass is 35.5. The Balaban J connectivity index is 2.49. The maximum absolute atomic E-state index is 12.8. The molecule has 1 N–H and O–H groups in total. The van der Waals surface area contributed by atoms with Gasteiger partial charge in [0, 0.05) is 24.0 Å². The van der Waals surface area contributed by atoms with Crippen LogP contribution >= 0.6 is 23.2 Å². The van der Waals surface area contributed by atoms with E-state index in [9.17, 15) is 8.42 Å². The number of rotatable bonds is 4. The zero-order valence-electron chi connectivity index (χ0n) is 11.8. The lowest BCUT2D eigenvalue weighted by atomic mass is 10.2. The summed E-state index contributed by atoms with van der Waals surface area (Å²) >= 11 is 12.3. The van der Waals surface area contributed by atoms with E-state index >= 15 is 0 Å². The Kier molecular flexibility index (Phi) is 4.63. The fourth-order valence-corrected chi connectivity index (χ4v) is 4.28. The van der Waals surface area contributed by atoms with Gasteiger partial charge in [0.05, 0.1) is 17.9 Å². The average Bonchev–Trinajstić information content (AvgIpc) is 2.89. The van der Waals surface area contributed by atoms with Crippen LogP contribution in [0.3, 0.4) is 0 Å². The number of nitrogens with zero attached hydrogens (tertiary/aromatic N) is 2. The molecule has 1 aromatic heterocycles. The number of H-pyrrole nitrogens is 1. The predicted molar refractivity (Wildman–Crippen MR) is 83.2 cm³/mol.